The van der Waals surface area contributed by atoms with E-state index in [9.17, 15) is 9.59 Å². The number of amides is 3. The molecule has 1 saturated heterocycles. The zero-order valence-electron chi connectivity index (χ0n) is 12.3. The Morgan fingerprint density at radius 1 is 1.32 bits per heavy atom. The van der Waals surface area contributed by atoms with Crippen LogP contribution in [0.25, 0.3) is 0 Å². The van der Waals surface area contributed by atoms with Crippen LogP contribution in [0.4, 0.5) is 10.5 Å². The van der Waals surface area contributed by atoms with E-state index in [1.165, 1.54) is 0 Å². The van der Waals surface area contributed by atoms with Gasteiger partial charge in [0.25, 0.3) is 5.91 Å². The van der Waals surface area contributed by atoms with E-state index in [1.807, 2.05) is 29.0 Å². The van der Waals surface area contributed by atoms with Crippen LogP contribution < -0.4 is 10.2 Å². The van der Waals surface area contributed by atoms with Gasteiger partial charge in [0.15, 0.2) is 0 Å². The number of anilines is 1. The Labute approximate surface area is 133 Å². The van der Waals surface area contributed by atoms with Gasteiger partial charge in [-0.1, -0.05) is 0 Å². The molecule has 1 aliphatic heterocycles. The molecule has 3 rings (SSSR count). The number of nitrogens with zero attached hydrogens (tertiary/aromatic N) is 2. The summed E-state index contributed by atoms with van der Waals surface area (Å²) >= 11 is 1.62. The zero-order chi connectivity index (χ0) is 15.5. The summed E-state index contributed by atoms with van der Waals surface area (Å²) in [6.45, 7) is 1.91. The fourth-order valence-electron chi connectivity index (χ4n) is 2.45. The molecule has 22 heavy (non-hydrogen) atoms. The van der Waals surface area contributed by atoms with Gasteiger partial charge in [0.2, 0.25) is 0 Å². The summed E-state index contributed by atoms with van der Waals surface area (Å²) in [4.78, 5) is 27.4. The predicted molar refractivity (Wildman–Crippen MR) is 87.3 cm³/mol. The summed E-state index contributed by atoms with van der Waals surface area (Å²) < 4.78 is 0. The first-order valence-corrected chi connectivity index (χ1v) is 8.01. The van der Waals surface area contributed by atoms with E-state index >= 15 is 0 Å². The van der Waals surface area contributed by atoms with Gasteiger partial charge >= 0.3 is 6.03 Å². The van der Waals surface area contributed by atoms with Crippen molar-refractivity contribution in [3.8, 4) is 0 Å². The van der Waals surface area contributed by atoms with Crippen molar-refractivity contribution in [2.24, 2.45) is 0 Å². The molecule has 1 N–H and O–H groups in total. The van der Waals surface area contributed by atoms with Gasteiger partial charge in [-0.2, -0.15) is 11.3 Å². The zero-order valence-corrected chi connectivity index (χ0v) is 13.1. The molecule has 1 fully saturated rings. The van der Waals surface area contributed by atoms with Crippen molar-refractivity contribution in [2.45, 2.75) is 6.54 Å². The Balaban J connectivity index is 1.69. The summed E-state index contributed by atoms with van der Waals surface area (Å²) in [5.74, 6) is -0.0244. The first kappa shape index (κ1) is 14.6. The minimum atomic E-state index is -0.0892. The lowest BCUT2D eigenvalue weighted by atomic mass is 10.1. The van der Waals surface area contributed by atoms with Crippen LogP contribution in [0.1, 0.15) is 15.9 Å². The minimum Gasteiger partial charge on any atom is -0.337 e. The lowest BCUT2D eigenvalue weighted by Crippen LogP contribution is -2.28. The number of hydrogen-bond donors (Lipinski definition) is 1. The quantitative estimate of drug-likeness (QED) is 0.943. The molecular formula is C16H17N3O2S. The van der Waals surface area contributed by atoms with E-state index < -0.39 is 0 Å². The number of urea groups is 1. The summed E-state index contributed by atoms with van der Waals surface area (Å²) in [6.07, 6.45) is 0. The summed E-state index contributed by atoms with van der Waals surface area (Å²) in [7, 11) is 1.79. The maximum atomic E-state index is 12.4. The van der Waals surface area contributed by atoms with Gasteiger partial charge in [-0.15, -0.1) is 0 Å². The number of benzene rings is 1. The Hall–Kier alpha value is -2.34. The maximum absolute atomic E-state index is 12.4. The number of rotatable bonds is 4. The first-order valence-electron chi connectivity index (χ1n) is 7.07. The van der Waals surface area contributed by atoms with Crippen LogP contribution in [0.5, 0.6) is 0 Å². The third kappa shape index (κ3) is 2.96. The molecule has 0 spiro atoms. The van der Waals surface area contributed by atoms with Crippen molar-refractivity contribution < 1.29 is 9.59 Å². The monoisotopic (exact) mass is 315 g/mol. The van der Waals surface area contributed by atoms with Crippen molar-refractivity contribution in [1.82, 2.24) is 10.2 Å². The highest BCUT2D eigenvalue weighted by Gasteiger charge is 2.21. The number of carbonyl (C=O) groups excluding carboxylic acids is 2. The minimum absolute atomic E-state index is 0.0244. The van der Waals surface area contributed by atoms with Crippen LogP contribution in [0.3, 0.4) is 0 Å². The predicted octanol–water partition coefficient (Wildman–Crippen LogP) is 2.55. The lowest BCUT2D eigenvalue weighted by Gasteiger charge is -2.18. The van der Waals surface area contributed by atoms with Crippen LogP contribution in [0, 0.1) is 0 Å². The van der Waals surface area contributed by atoms with Gasteiger partial charge in [0.05, 0.1) is 0 Å². The van der Waals surface area contributed by atoms with Crippen molar-refractivity contribution in [1.29, 1.82) is 0 Å². The van der Waals surface area contributed by atoms with Gasteiger partial charge in [-0.3, -0.25) is 9.69 Å². The SMILES string of the molecule is CN(Cc1ccsc1)C(=O)c1ccc(N2CCNC2=O)cc1. The van der Waals surface area contributed by atoms with E-state index in [-0.39, 0.29) is 11.9 Å². The highest BCUT2D eigenvalue weighted by molar-refractivity contribution is 7.07. The molecule has 0 unspecified atom stereocenters. The van der Waals surface area contributed by atoms with Gasteiger partial charge < -0.3 is 10.2 Å². The molecule has 3 amide bonds. The van der Waals surface area contributed by atoms with Crippen LogP contribution >= 0.6 is 11.3 Å². The molecule has 2 aromatic rings. The third-order valence-corrected chi connectivity index (χ3v) is 4.36. The molecule has 1 aromatic heterocycles. The Bertz CT molecular complexity index is 667. The smallest absolute Gasteiger partial charge is 0.321 e. The summed E-state index contributed by atoms with van der Waals surface area (Å²) in [6, 6.07) is 9.10. The normalized spacial score (nSPS) is 14.0. The van der Waals surface area contributed by atoms with Crippen LogP contribution in [-0.4, -0.2) is 37.0 Å². The molecule has 114 valence electrons. The van der Waals surface area contributed by atoms with Crippen LogP contribution in [0.2, 0.25) is 0 Å². The maximum Gasteiger partial charge on any atom is 0.321 e. The number of carbonyl (C=O) groups is 2. The molecular weight excluding hydrogens is 298 g/mol. The Morgan fingerprint density at radius 3 is 2.68 bits per heavy atom. The average molecular weight is 315 g/mol. The molecule has 0 aliphatic carbocycles. The molecule has 0 atom stereocenters. The standard InChI is InChI=1S/C16H17N3O2S/c1-18(10-12-6-9-22-11-12)15(20)13-2-4-14(5-3-13)19-8-7-17-16(19)21/h2-6,9,11H,7-8,10H2,1H3,(H,17,21). The van der Waals surface area contributed by atoms with Crippen LogP contribution in [0.15, 0.2) is 41.1 Å². The fourth-order valence-corrected chi connectivity index (χ4v) is 3.11. The second-order valence-corrected chi connectivity index (χ2v) is 6.00. The lowest BCUT2D eigenvalue weighted by molar-refractivity contribution is 0.0785. The van der Waals surface area contributed by atoms with Crippen molar-refractivity contribution >= 4 is 29.0 Å². The average Bonchev–Trinajstić information content (AvgIpc) is 3.18. The highest BCUT2D eigenvalue weighted by atomic mass is 32.1. The first-order chi connectivity index (χ1) is 10.6. The van der Waals surface area contributed by atoms with E-state index in [0.29, 0.717) is 25.2 Å². The number of nitrogens with one attached hydrogen (secondary N) is 1. The summed E-state index contributed by atoms with van der Waals surface area (Å²) in [5, 5.41) is 6.81. The largest absolute Gasteiger partial charge is 0.337 e. The van der Waals surface area contributed by atoms with Gasteiger partial charge in [-0.25, -0.2) is 4.79 Å². The second kappa shape index (κ2) is 6.19. The Kier molecular flexibility index (Phi) is 4.11. The molecule has 5 nitrogen and oxygen atoms in total. The van der Waals surface area contributed by atoms with E-state index in [1.54, 1.807) is 40.3 Å². The van der Waals surface area contributed by atoms with Gasteiger partial charge in [-0.05, 0) is 46.7 Å². The fraction of sp³-hybridized carbons (Fsp3) is 0.250. The molecule has 0 radical (unpaired) electrons. The molecule has 1 aliphatic rings. The van der Waals surface area contributed by atoms with E-state index in [2.05, 4.69) is 5.32 Å². The van der Waals surface area contributed by atoms with Crippen molar-refractivity contribution in [3.63, 3.8) is 0 Å². The summed E-state index contributed by atoms with van der Waals surface area (Å²) in [5.41, 5.74) is 2.57. The van der Waals surface area contributed by atoms with Crippen molar-refractivity contribution in [2.75, 3.05) is 25.0 Å². The Morgan fingerprint density at radius 2 is 2.09 bits per heavy atom. The van der Waals surface area contributed by atoms with Gasteiger partial charge in [0.1, 0.15) is 0 Å². The highest BCUT2D eigenvalue weighted by Crippen LogP contribution is 2.18. The third-order valence-electron chi connectivity index (χ3n) is 3.63. The van der Waals surface area contributed by atoms with Crippen LogP contribution in [-0.2, 0) is 6.54 Å². The van der Waals surface area contributed by atoms with E-state index in [0.717, 1.165) is 11.3 Å². The number of hydrogen-bond acceptors (Lipinski definition) is 3. The number of thiophene rings is 1. The topological polar surface area (TPSA) is 52.7 Å². The van der Waals surface area contributed by atoms with E-state index in [4.69, 9.17) is 0 Å². The second-order valence-electron chi connectivity index (χ2n) is 5.22. The van der Waals surface area contributed by atoms with Crippen molar-refractivity contribution in [3.05, 3.63) is 52.2 Å². The molecule has 0 saturated carbocycles. The molecule has 0 bridgehead atoms. The molecule has 2 heterocycles. The molecule has 6 heteroatoms. The molecule has 1 aromatic carbocycles. The van der Waals surface area contributed by atoms with Gasteiger partial charge in [0, 0.05) is 37.9 Å².